The predicted molar refractivity (Wildman–Crippen MR) is 95.5 cm³/mol. The molecular formula is C14H20ClN3O3S2. The molecular weight excluding hydrogens is 358 g/mol. The average Bonchev–Trinajstić information content (AvgIpc) is 3.00. The van der Waals surface area contributed by atoms with Crippen LogP contribution in [0.4, 0.5) is 5.69 Å². The highest BCUT2D eigenvalue weighted by Crippen LogP contribution is 2.26. The third-order valence-electron chi connectivity index (χ3n) is 3.46. The molecule has 0 unspecified atom stereocenters. The van der Waals surface area contributed by atoms with Crippen LogP contribution in [0.5, 0.6) is 0 Å². The first-order valence-electron chi connectivity index (χ1n) is 7.19. The molecule has 9 heteroatoms. The summed E-state index contributed by atoms with van der Waals surface area (Å²) < 4.78 is 31.1. The summed E-state index contributed by atoms with van der Waals surface area (Å²) >= 11 is 11.2. The number of sulfonamides is 1. The van der Waals surface area contributed by atoms with Crippen LogP contribution in [0.1, 0.15) is 12.8 Å². The Bertz CT molecular complexity index is 674. The van der Waals surface area contributed by atoms with Crippen molar-refractivity contribution in [2.45, 2.75) is 23.8 Å². The molecule has 128 valence electrons. The lowest BCUT2D eigenvalue weighted by Crippen LogP contribution is -2.34. The molecule has 1 heterocycles. The van der Waals surface area contributed by atoms with Crippen LogP contribution in [-0.4, -0.2) is 51.2 Å². The highest BCUT2D eigenvalue weighted by molar-refractivity contribution is 7.89. The first-order chi connectivity index (χ1) is 10.8. The van der Waals surface area contributed by atoms with Crippen molar-refractivity contribution in [3.8, 4) is 0 Å². The van der Waals surface area contributed by atoms with Crippen molar-refractivity contribution in [3.05, 3.63) is 23.2 Å². The molecule has 0 aromatic heterocycles. The van der Waals surface area contributed by atoms with Gasteiger partial charge >= 0.3 is 0 Å². The molecule has 1 aromatic carbocycles. The fraction of sp³-hybridized carbons (Fsp3) is 0.500. The van der Waals surface area contributed by atoms with Crippen molar-refractivity contribution in [2.24, 2.45) is 0 Å². The van der Waals surface area contributed by atoms with E-state index in [1.165, 1.54) is 26.2 Å². The third kappa shape index (κ3) is 4.77. The van der Waals surface area contributed by atoms with E-state index >= 15 is 0 Å². The number of anilines is 1. The Morgan fingerprint density at radius 3 is 2.83 bits per heavy atom. The maximum atomic E-state index is 12.2. The van der Waals surface area contributed by atoms with Gasteiger partial charge in [0, 0.05) is 32.9 Å². The van der Waals surface area contributed by atoms with E-state index in [4.69, 9.17) is 28.6 Å². The molecule has 2 N–H and O–H groups in total. The first-order valence-corrected chi connectivity index (χ1v) is 9.42. The summed E-state index contributed by atoms with van der Waals surface area (Å²) in [6.45, 7) is 1.41. The van der Waals surface area contributed by atoms with Gasteiger partial charge in [-0.15, -0.1) is 0 Å². The zero-order valence-electron chi connectivity index (χ0n) is 13.0. The fourth-order valence-corrected chi connectivity index (χ4v) is 3.76. The molecule has 0 saturated carbocycles. The summed E-state index contributed by atoms with van der Waals surface area (Å²) in [6.07, 6.45) is 2.25. The Morgan fingerprint density at radius 2 is 2.22 bits per heavy atom. The Hall–Kier alpha value is -0.930. The molecule has 1 aromatic rings. The van der Waals surface area contributed by atoms with Gasteiger partial charge in [0.15, 0.2) is 5.11 Å². The van der Waals surface area contributed by atoms with Crippen LogP contribution in [0.25, 0.3) is 0 Å². The lowest BCUT2D eigenvalue weighted by Gasteiger charge is -2.16. The normalized spacial score (nSPS) is 18.2. The van der Waals surface area contributed by atoms with E-state index in [2.05, 4.69) is 10.6 Å². The summed E-state index contributed by atoms with van der Waals surface area (Å²) in [7, 11) is -0.698. The van der Waals surface area contributed by atoms with Gasteiger partial charge in [0.2, 0.25) is 10.0 Å². The molecule has 1 aliphatic heterocycles. The number of ether oxygens (including phenoxy) is 1. The minimum atomic E-state index is -3.61. The van der Waals surface area contributed by atoms with Crippen LogP contribution in [0, 0.1) is 0 Å². The van der Waals surface area contributed by atoms with Crippen LogP contribution in [0.3, 0.4) is 0 Å². The molecule has 1 fully saturated rings. The number of thiocarbonyl (C=S) groups is 1. The Morgan fingerprint density at radius 1 is 1.48 bits per heavy atom. The van der Waals surface area contributed by atoms with E-state index in [1.54, 1.807) is 6.07 Å². The van der Waals surface area contributed by atoms with Gasteiger partial charge in [-0.25, -0.2) is 12.7 Å². The summed E-state index contributed by atoms with van der Waals surface area (Å²) in [5.74, 6) is 0. The smallest absolute Gasteiger partial charge is 0.244 e. The van der Waals surface area contributed by atoms with E-state index < -0.39 is 10.0 Å². The van der Waals surface area contributed by atoms with Crippen LogP contribution in [0.15, 0.2) is 23.1 Å². The second-order valence-corrected chi connectivity index (χ2v) is 8.34. The third-order valence-corrected chi connectivity index (χ3v) is 6.01. The van der Waals surface area contributed by atoms with Gasteiger partial charge in [0.05, 0.1) is 11.1 Å². The molecule has 23 heavy (non-hydrogen) atoms. The van der Waals surface area contributed by atoms with Gasteiger partial charge in [-0.3, -0.25) is 0 Å². The van der Waals surface area contributed by atoms with Gasteiger partial charge in [-0.05, 0) is 43.3 Å². The Balaban J connectivity index is 2.04. The van der Waals surface area contributed by atoms with Crippen molar-refractivity contribution in [1.29, 1.82) is 0 Å². The largest absolute Gasteiger partial charge is 0.376 e. The molecule has 1 aliphatic rings. The molecule has 0 spiro atoms. The molecule has 0 bridgehead atoms. The minimum absolute atomic E-state index is 0.0380. The number of hydrogen-bond acceptors (Lipinski definition) is 4. The van der Waals surface area contributed by atoms with Crippen LogP contribution in [0.2, 0.25) is 5.02 Å². The lowest BCUT2D eigenvalue weighted by atomic mass is 10.2. The highest BCUT2D eigenvalue weighted by Gasteiger charge is 2.21. The number of halogens is 1. The van der Waals surface area contributed by atoms with Crippen molar-refractivity contribution in [1.82, 2.24) is 9.62 Å². The highest BCUT2D eigenvalue weighted by atomic mass is 35.5. The van der Waals surface area contributed by atoms with E-state index in [0.29, 0.717) is 17.3 Å². The predicted octanol–water partition coefficient (Wildman–Crippen LogP) is 2.06. The van der Waals surface area contributed by atoms with Crippen molar-refractivity contribution >= 4 is 44.6 Å². The zero-order valence-corrected chi connectivity index (χ0v) is 15.4. The summed E-state index contributed by atoms with van der Waals surface area (Å²) in [5.41, 5.74) is 0.555. The van der Waals surface area contributed by atoms with Gasteiger partial charge in [-0.1, -0.05) is 11.6 Å². The quantitative estimate of drug-likeness (QED) is 0.765. The number of rotatable bonds is 5. The number of nitrogens with one attached hydrogen (secondary N) is 2. The molecule has 1 saturated heterocycles. The topological polar surface area (TPSA) is 70.7 Å². The maximum Gasteiger partial charge on any atom is 0.244 e. The van der Waals surface area contributed by atoms with Crippen LogP contribution >= 0.6 is 23.8 Å². The van der Waals surface area contributed by atoms with E-state index in [0.717, 1.165) is 23.8 Å². The number of nitrogens with zero attached hydrogens (tertiary/aromatic N) is 1. The van der Waals surface area contributed by atoms with Crippen molar-refractivity contribution in [3.63, 3.8) is 0 Å². The second-order valence-electron chi connectivity index (χ2n) is 5.40. The molecule has 0 radical (unpaired) electrons. The Labute approximate surface area is 147 Å². The minimum Gasteiger partial charge on any atom is -0.376 e. The summed E-state index contributed by atoms with van der Waals surface area (Å²) in [5, 5.41) is 6.62. The molecule has 0 amide bonds. The van der Waals surface area contributed by atoms with Crippen LogP contribution < -0.4 is 10.6 Å². The van der Waals surface area contributed by atoms with Crippen molar-refractivity contribution < 1.29 is 13.2 Å². The molecule has 0 aliphatic carbocycles. The average molecular weight is 378 g/mol. The standard InChI is InChI=1S/C14H20ClN3O3S2/c1-18(2)23(19,20)13-8-10(5-6-12(13)15)17-14(22)16-9-11-4-3-7-21-11/h5-6,8,11H,3-4,7,9H2,1-2H3,(H2,16,17,22)/t11-/m1/s1. The Kier molecular flexibility index (Phi) is 6.21. The zero-order chi connectivity index (χ0) is 17.0. The van der Waals surface area contributed by atoms with E-state index in [-0.39, 0.29) is 16.0 Å². The summed E-state index contributed by atoms with van der Waals surface area (Å²) in [6, 6.07) is 4.68. The summed E-state index contributed by atoms with van der Waals surface area (Å²) in [4.78, 5) is 0.0380. The fourth-order valence-electron chi connectivity index (χ4n) is 2.16. The van der Waals surface area contributed by atoms with Crippen molar-refractivity contribution in [2.75, 3.05) is 32.6 Å². The maximum absolute atomic E-state index is 12.2. The lowest BCUT2D eigenvalue weighted by molar-refractivity contribution is 0.114. The number of benzene rings is 1. The first kappa shape index (κ1) is 18.4. The molecule has 6 nitrogen and oxygen atoms in total. The van der Waals surface area contributed by atoms with Gasteiger partial charge < -0.3 is 15.4 Å². The van der Waals surface area contributed by atoms with Gasteiger partial charge in [0.1, 0.15) is 4.90 Å². The second kappa shape index (κ2) is 7.76. The monoisotopic (exact) mass is 377 g/mol. The van der Waals surface area contributed by atoms with Crippen LogP contribution in [-0.2, 0) is 14.8 Å². The van der Waals surface area contributed by atoms with E-state index in [9.17, 15) is 8.42 Å². The van der Waals surface area contributed by atoms with Gasteiger partial charge in [-0.2, -0.15) is 0 Å². The van der Waals surface area contributed by atoms with Gasteiger partial charge in [0.25, 0.3) is 0 Å². The van der Waals surface area contributed by atoms with E-state index in [1.807, 2.05) is 0 Å². The molecule has 1 atom stereocenters. The SMILES string of the molecule is CN(C)S(=O)(=O)c1cc(NC(=S)NC[C@H]2CCCO2)ccc1Cl. The molecule has 2 rings (SSSR count). The number of hydrogen-bond donors (Lipinski definition) is 2.